The van der Waals surface area contributed by atoms with E-state index >= 15 is 0 Å². The first-order valence-corrected chi connectivity index (χ1v) is 10.6. The third-order valence-electron chi connectivity index (χ3n) is 4.90. The van der Waals surface area contributed by atoms with Crippen LogP contribution in [0.2, 0.25) is 0 Å². The average Bonchev–Trinajstić information content (AvgIpc) is 3.44. The van der Waals surface area contributed by atoms with Crippen LogP contribution in [0, 0.1) is 5.92 Å². The molecular formula is C20H20F3NO4S. The maximum Gasteiger partial charge on any atom is 0.418 e. The molecule has 0 radical (unpaired) electrons. The molecular weight excluding hydrogens is 407 g/mol. The molecule has 1 saturated carbocycles. The molecule has 9 heteroatoms. The number of aliphatic hydroxyl groups is 1. The van der Waals surface area contributed by atoms with Crippen molar-refractivity contribution in [2.45, 2.75) is 35.9 Å². The van der Waals surface area contributed by atoms with Crippen LogP contribution in [0.3, 0.4) is 0 Å². The van der Waals surface area contributed by atoms with Crippen LogP contribution in [0.5, 0.6) is 0 Å². The maximum atomic E-state index is 12.6. The van der Waals surface area contributed by atoms with Gasteiger partial charge in [-0.1, -0.05) is 36.4 Å². The lowest BCUT2D eigenvalue weighted by atomic mass is 9.90. The summed E-state index contributed by atoms with van der Waals surface area (Å²) in [7, 11) is -3.40. The van der Waals surface area contributed by atoms with Crippen LogP contribution in [-0.2, 0) is 14.6 Å². The molecule has 0 heterocycles. The summed E-state index contributed by atoms with van der Waals surface area (Å²) in [6, 6.07) is 10.5. The molecule has 2 unspecified atom stereocenters. The molecule has 0 aromatic heterocycles. The topological polar surface area (TPSA) is 97.5 Å². The van der Waals surface area contributed by atoms with Crippen LogP contribution in [0.4, 0.5) is 13.2 Å². The number of rotatable bonds is 7. The molecule has 1 amide bonds. The third kappa shape index (κ3) is 4.97. The highest BCUT2D eigenvalue weighted by Gasteiger charge is 2.39. The Morgan fingerprint density at radius 3 is 1.86 bits per heavy atom. The second kappa shape index (κ2) is 7.79. The number of hydrogen-bond donors (Lipinski definition) is 2. The molecule has 3 rings (SSSR count). The Balaban J connectivity index is 1.85. The standard InChI is InChI=1S/C20H20F3NO4S/c21-20(22,23)18(25)15-5-3-13(4-6-15)17(19(24)26)14-7-9-16(10-8-14)29(27,28)11-12-1-2-12/h3-10,12,17-18,25H,1-2,11H2,(H2,24,26). The Hall–Kier alpha value is -2.39. The van der Waals surface area contributed by atoms with Gasteiger partial charge in [0.05, 0.1) is 16.6 Å². The van der Waals surface area contributed by atoms with Gasteiger partial charge in [0, 0.05) is 0 Å². The number of aliphatic hydroxyl groups excluding tert-OH is 1. The van der Waals surface area contributed by atoms with Gasteiger partial charge >= 0.3 is 6.18 Å². The summed E-state index contributed by atoms with van der Waals surface area (Å²) in [6.45, 7) is 0. The van der Waals surface area contributed by atoms with Gasteiger partial charge in [-0.05, 0) is 47.6 Å². The smallest absolute Gasteiger partial charge is 0.379 e. The van der Waals surface area contributed by atoms with Gasteiger partial charge in [-0.3, -0.25) is 4.79 Å². The van der Waals surface area contributed by atoms with E-state index < -0.39 is 33.9 Å². The van der Waals surface area contributed by atoms with Gasteiger partial charge in [0.1, 0.15) is 0 Å². The minimum absolute atomic E-state index is 0.0919. The molecule has 2 atom stereocenters. The van der Waals surface area contributed by atoms with Crippen LogP contribution < -0.4 is 5.73 Å². The monoisotopic (exact) mass is 427 g/mol. The van der Waals surface area contributed by atoms with E-state index in [1.807, 2.05) is 0 Å². The minimum Gasteiger partial charge on any atom is -0.379 e. The van der Waals surface area contributed by atoms with Gasteiger partial charge in [0.15, 0.2) is 15.9 Å². The Morgan fingerprint density at radius 1 is 1.00 bits per heavy atom. The Kier molecular flexibility index (Phi) is 5.73. The molecule has 0 spiro atoms. The largest absolute Gasteiger partial charge is 0.418 e. The van der Waals surface area contributed by atoms with Crippen molar-refractivity contribution in [2.75, 3.05) is 5.75 Å². The van der Waals surface area contributed by atoms with E-state index in [9.17, 15) is 31.5 Å². The molecule has 0 saturated heterocycles. The van der Waals surface area contributed by atoms with Crippen LogP contribution in [0.25, 0.3) is 0 Å². The summed E-state index contributed by atoms with van der Waals surface area (Å²) in [6.07, 6.45) is -5.62. The Bertz CT molecular complexity index is 982. The fourth-order valence-corrected chi connectivity index (χ4v) is 4.84. The lowest BCUT2D eigenvalue weighted by Gasteiger charge is -2.18. The maximum absolute atomic E-state index is 12.6. The van der Waals surface area contributed by atoms with E-state index in [1.54, 1.807) is 0 Å². The number of hydrogen-bond acceptors (Lipinski definition) is 4. The van der Waals surface area contributed by atoms with E-state index in [0.717, 1.165) is 25.0 Å². The number of carbonyl (C=O) groups excluding carboxylic acids is 1. The predicted octanol–water partition coefficient (Wildman–Crippen LogP) is 3.08. The normalized spacial score (nSPS) is 17.0. The SMILES string of the molecule is NC(=O)C(c1ccc(C(O)C(F)(F)F)cc1)c1ccc(S(=O)(=O)CC2CC2)cc1. The molecule has 1 aliphatic carbocycles. The van der Waals surface area contributed by atoms with Crippen LogP contribution in [0.1, 0.15) is 41.6 Å². The van der Waals surface area contributed by atoms with Crippen molar-refractivity contribution >= 4 is 15.7 Å². The Morgan fingerprint density at radius 2 is 1.45 bits per heavy atom. The van der Waals surface area contributed by atoms with E-state index in [4.69, 9.17) is 5.73 Å². The third-order valence-corrected chi connectivity index (χ3v) is 6.81. The van der Waals surface area contributed by atoms with E-state index in [-0.39, 0.29) is 22.1 Å². The first-order valence-electron chi connectivity index (χ1n) is 8.95. The lowest BCUT2D eigenvalue weighted by molar-refractivity contribution is -0.206. The molecule has 3 N–H and O–H groups in total. The first-order chi connectivity index (χ1) is 13.5. The number of carbonyl (C=O) groups is 1. The summed E-state index contributed by atoms with van der Waals surface area (Å²) in [5.41, 5.74) is 5.88. The van der Waals surface area contributed by atoms with E-state index in [2.05, 4.69) is 0 Å². The zero-order valence-corrected chi connectivity index (χ0v) is 16.1. The van der Waals surface area contributed by atoms with Crippen molar-refractivity contribution in [3.63, 3.8) is 0 Å². The molecule has 1 aliphatic rings. The summed E-state index contributed by atoms with van der Waals surface area (Å²) < 4.78 is 62.6. The molecule has 2 aromatic carbocycles. The van der Waals surface area contributed by atoms with Crippen molar-refractivity contribution in [3.8, 4) is 0 Å². The zero-order chi connectivity index (χ0) is 21.4. The fraction of sp³-hybridized carbons (Fsp3) is 0.350. The number of halogens is 3. The second-order valence-corrected chi connectivity index (χ2v) is 9.27. The van der Waals surface area contributed by atoms with Crippen molar-refractivity contribution in [1.82, 2.24) is 0 Å². The number of alkyl halides is 3. The van der Waals surface area contributed by atoms with Gasteiger partial charge in [-0.15, -0.1) is 0 Å². The number of amides is 1. The zero-order valence-electron chi connectivity index (χ0n) is 15.3. The highest BCUT2D eigenvalue weighted by molar-refractivity contribution is 7.91. The highest BCUT2D eigenvalue weighted by atomic mass is 32.2. The molecule has 156 valence electrons. The average molecular weight is 427 g/mol. The number of sulfone groups is 1. The molecule has 29 heavy (non-hydrogen) atoms. The van der Waals surface area contributed by atoms with Gasteiger partial charge in [0.25, 0.3) is 0 Å². The van der Waals surface area contributed by atoms with Crippen molar-refractivity contribution in [2.24, 2.45) is 11.7 Å². The van der Waals surface area contributed by atoms with Crippen LogP contribution >= 0.6 is 0 Å². The quantitative estimate of drug-likeness (QED) is 0.710. The molecule has 0 aliphatic heterocycles. The first kappa shape index (κ1) is 21.3. The minimum atomic E-state index is -4.80. The van der Waals surface area contributed by atoms with Crippen molar-refractivity contribution < 1.29 is 31.5 Å². The number of primary amides is 1. The predicted molar refractivity (Wildman–Crippen MR) is 99.7 cm³/mol. The molecule has 1 fully saturated rings. The molecule has 5 nitrogen and oxygen atoms in total. The summed E-state index contributed by atoms with van der Waals surface area (Å²) >= 11 is 0. The lowest BCUT2D eigenvalue weighted by Crippen LogP contribution is -2.23. The molecule has 0 bridgehead atoms. The van der Waals surface area contributed by atoms with Gasteiger partial charge in [-0.25, -0.2) is 8.42 Å². The van der Waals surface area contributed by atoms with E-state index in [0.29, 0.717) is 11.1 Å². The fourth-order valence-electron chi connectivity index (χ4n) is 3.14. The van der Waals surface area contributed by atoms with Gasteiger partial charge in [-0.2, -0.15) is 13.2 Å². The van der Waals surface area contributed by atoms with Crippen molar-refractivity contribution in [3.05, 3.63) is 65.2 Å². The summed E-state index contributed by atoms with van der Waals surface area (Å²) in [4.78, 5) is 12.1. The van der Waals surface area contributed by atoms with E-state index in [1.165, 1.54) is 36.4 Å². The van der Waals surface area contributed by atoms with Gasteiger partial charge < -0.3 is 10.8 Å². The molecule has 2 aromatic rings. The van der Waals surface area contributed by atoms with Gasteiger partial charge in [0.2, 0.25) is 5.91 Å². The highest BCUT2D eigenvalue weighted by Crippen LogP contribution is 2.35. The van der Waals surface area contributed by atoms with Crippen molar-refractivity contribution in [1.29, 1.82) is 0 Å². The number of nitrogens with two attached hydrogens (primary N) is 1. The summed E-state index contributed by atoms with van der Waals surface area (Å²) in [5, 5.41) is 9.31. The number of benzene rings is 2. The summed E-state index contributed by atoms with van der Waals surface area (Å²) in [5.74, 6) is -1.41. The second-order valence-electron chi connectivity index (χ2n) is 7.24. The Labute approximate surface area is 166 Å². The van der Waals surface area contributed by atoms with Crippen LogP contribution in [-0.4, -0.2) is 31.4 Å². The van der Waals surface area contributed by atoms with Crippen LogP contribution in [0.15, 0.2) is 53.4 Å².